The molecular formula is C23H19N3O2S. The molecule has 5 nitrogen and oxygen atoms in total. The van der Waals surface area contributed by atoms with Gasteiger partial charge < -0.3 is 4.74 Å². The number of amides is 1. The highest BCUT2D eigenvalue weighted by atomic mass is 32.2. The molecule has 0 aliphatic carbocycles. The number of aliphatic imine (C=N–C) groups is 1. The van der Waals surface area contributed by atoms with Crippen LogP contribution in [0.1, 0.15) is 11.1 Å². The number of ether oxygens (including phenoxy) is 1. The number of carbonyl (C=O) groups is 1. The van der Waals surface area contributed by atoms with Gasteiger partial charge in [0.1, 0.15) is 5.75 Å². The summed E-state index contributed by atoms with van der Waals surface area (Å²) in [7, 11) is 1.63. The maximum atomic E-state index is 13.1. The van der Waals surface area contributed by atoms with Gasteiger partial charge in [0.15, 0.2) is 5.17 Å². The fourth-order valence-corrected chi connectivity index (χ4v) is 3.87. The van der Waals surface area contributed by atoms with Gasteiger partial charge in [0.25, 0.3) is 5.91 Å². The number of para-hydroxylation sites is 1. The van der Waals surface area contributed by atoms with E-state index in [1.165, 1.54) is 11.8 Å². The van der Waals surface area contributed by atoms with Crippen molar-refractivity contribution in [3.05, 3.63) is 95.2 Å². The summed E-state index contributed by atoms with van der Waals surface area (Å²) in [5.41, 5.74) is 2.70. The van der Waals surface area contributed by atoms with Crippen LogP contribution in [0.25, 0.3) is 6.08 Å². The molecule has 0 spiro atoms. The quantitative estimate of drug-likeness (QED) is 0.571. The topological polar surface area (TPSA) is 54.8 Å². The molecule has 0 saturated carbocycles. The van der Waals surface area contributed by atoms with E-state index in [2.05, 4.69) is 4.98 Å². The molecule has 0 N–H and O–H groups in total. The Hall–Kier alpha value is -3.38. The van der Waals surface area contributed by atoms with Crippen molar-refractivity contribution in [2.45, 2.75) is 6.54 Å². The average molecular weight is 401 g/mol. The van der Waals surface area contributed by atoms with Gasteiger partial charge in [-0.05, 0) is 59.3 Å². The van der Waals surface area contributed by atoms with Crippen LogP contribution in [0.3, 0.4) is 0 Å². The van der Waals surface area contributed by atoms with E-state index >= 15 is 0 Å². The van der Waals surface area contributed by atoms with E-state index in [-0.39, 0.29) is 5.91 Å². The number of nitrogens with zero attached hydrogens (tertiary/aromatic N) is 3. The van der Waals surface area contributed by atoms with Crippen LogP contribution in [0.15, 0.2) is 89.0 Å². The predicted molar refractivity (Wildman–Crippen MR) is 117 cm³/mol. The minimum Gasteiger partial charge on any atom is -0.497 e. The Morgan fingerprint density at radius 3 is 2.55 bits per heavy atom. The molecule has 1 aliphatic heterocycles. The zero-order chi connectivity index (χ0) is 20.1. The fraction of sp³-hybridized carbons (Fsp3) is 0.0870. The van der Waals surface area contributed by atoms with Gasteiger partial charge in [-0.25, -0.2) is 4.99 Å². The molecule has 0 unspecified atom stereocenters. The van der Waals surface area contributed by atoms with Crippen LogP contribution < -0.4 is 4.74 Å². The van der Waals surface area contributed by atoms with Crippen LogP contribution in [0.4, 0.5) is 5.69 Å². The summed E-state index contributed by atoms with van der Waals surface area (Å²) < 4.78 is 5.20. The number of benzene rings is 2. The molecule has 1 aromatic heterocycles. The SMILES string of the molecule is COc1ccc(/C=C2\SC(=Nc3ccccc3)N(Cc3cccnc3)C2=O)cc1. The standard InChI is InChI=1S/C23H19N3O2S/c1-28-20-11-9-17(10-12-20)14-21-22(27)26(16-18-6-5-13-24-15-18)23(29-21)25-19-7-3-2-4-8-19/h2-15H,16H2,1H3/b21-14-,25-23?. The van der Waals surface area contributed by atoms with Gasteiger partial charge in [0.2, 0.25) is 0 Å². The van der Waals surface area contributed by atoms with Gasteiger partial charge in [-0.3, -0.25) is 14.7 Å². The second-order valence-electron chi connectivity index (χ2n) is 6.37. The first-order chi connectivity index (χ1) is 14.2. The molecule has 0 radical (unpaired) electrons. The minimum atomic E-state index is -0.0654. The van der Waals surface area contributed by atoms with Crippen molar-refractivity contribution < 1.29 is 9.53 Å². The Bertz CT molecular complexity index is 1050. The molecule has 6 heteroatoms. The van der Waals surface area contributed by atoms with E-state index < -0.39 is 0 Å². The number of amidine groups is 1. The number of hydrogen-bond acceptors (Lipinski definition) is 5. The molecule has 1 fully saturated rings. The zero-order valence-electron chi connectivity index (χ0n) is 15.9. The molecule has 1 amide bonds. The van der Waals surface area contributed by atoms with E-state index in [9.17, 15) is 4.79 Å². The van der Waals surface area contributed by atoms with Gasteiger partial charge in [0, 0.05) is 12.4 Å². The lowest BCUT2D eigenvalue weighted by Crippen LogP contribution is -2.28. The van der Waals surface area contributed by atoms with Crippen LogP contribution in [0, 0.1) is 0 Å². The highest BCUT2D eigenvalue weighted by molar-refractivity contribution is 8.18. The Morgan fingerprint density at radius 2 is 1.86 bits per heavy atom. The van der Waals surface area contributed by atoms with Crippen molar-refractivity contribution >= 4 is 34.6 Å². The van der Waals surface area contributed by atoms with Gasteiger partial charge in [0.05, 0.1) is 24.2 Å². The highest BCUT2D eigenvalue weighted by Gasteiger charge is 2.33. The molecular weight excluding hydrogens is 382 g/mol. The molecule has 4 rings (SSSR count). The first-order valence-corrected chi connectivity index (χ1v) is 9.93. The van der Waals surface area contributed by atoms with E-state index in [0.29, 0.717) is 16.6 Å². The lowest BCUT2D eigenvalue weighted by Gasteiger charge is -2.15. The number of carbonyl (C=O) groups excluding carboxylic acids is 1. The molecule has 1 saturated heterocycles. The number of pyridine rings is 1. The summed E-state index contributed by atoms with van der Waals surface area (Å²) in [5.74, 6) is 0.714. The number of methoxy groups -OCH3 is 1. The van der Waals surface area contributed by atoms with Crippen molar-refractivity contribution in [3.8, 4) is 5.75 Å². The largest absolute Gasteiger partial charge is 0.497 e. The summed E-state index contributed by atoms with van der Waals surface area (Å²) in [5, 5.41) is 0.657. The Labute approximate surface area is 173 Å². The van der Waals surface area contributed by atoms with Crippen LogP contribution in [-0.2, 0) is 11.3 Å². The second kappa shape index (κ2) is 8.75. The lowest BCUT2D eigenvalue weighted by molar-refractivity contribution is -0.122. The van der Waals surface area contributed by atoms with Gasteiger partial charge in [-0.1, -0.05) is 36.4 Å². The molecule has 0 bridgehead atoms. The van der Waals surface area contributed by atoms with Crippen LogP contribution in [-0.4, -0.2) is 28.1 Å². The van der Waals surface area contributed by atoms with E-state index in [0.717, 1.165) is 22.6 Å². The molecule has 2 heterocycles. The third kappa shape index (κ3) is 4.55. The van der Waals surface area contributed by atoms with Gasteiger partial charge in [-0.2, -0.15) is 0 Å². The third-order valence-corrected chi connectivity index (χ3v) is 5.35. The number of thioether (sulfide) groups is 1. The first-order valence-electron chi connectivity index (χ1n) is 9.11. The summed E-state index contributed by atoms with van der Waals surface area (Å²) in [4.78, 5) is 24.3. The molecule has 0 atom stereocenters. The van der Waals surface area contributed by atoms with Crippen molar-refractivity contribution in [1.29, 1.82) is 0 Å². The monoisotopic (exact) mass is 401 g/mol. The average Bonchev–Trinajstić information content (AvgIpc) is 3.04. The van der Waals surface area contributed by atoms with Crippen LogP contribution in [0.5, 0.6) is 5.75 Å². The lowest BCUT2D eigenvalue weighted by atomic mass is 10.2. The molecule has 29 heavy (non-hydrogen) atoms. The van der Waals surface area contributed by atoms with Crippen LogP contribution >= 0.6 is 11.8 Å². The van der Waals surface area contributed by atoms with Crippen molar-refractivity contribution in [3.63, 3.8) is 0 Å². The molecule has 144 valence electrons. The summed E-state index contributed by atoms with van der Waals surface area (Å²) >= 11 is 1.38. The summed E-state index contributed by atoms with van der Waals surface area (Å²) in [6.45, 7) is 0.422. The molecule has 1 aliphatic rings. The Kier molecular flexibility index (Phi) is 5.72. The number of hydrogen-bond donors (Lipinski definition) is 0. The van der Waals surface area contributed by atoms with Crippen molar-refractivity contribution in [1.82, 2.24) is 9.88 Å². The van der Waals surface area contributed by atoms with Crippen molar-refractivity contribution in [2.24, 2.45) is 4.99 Å². The smallest absolute Gasteiger partial charge is 0.267 e. The number of rotatable bonds is 5. The predicted octanol–water partition coefficient (Wildman–Crippen LogP) is 4.89. The van der Waals surface area contributed by atoms with Gasteiger partial charge in [-0.15, -0.1) is 0 Å². The maximum Gasteiger partial charge on any atom is 0.267 e. The van der Waals surface area contributed by atoms with E-state index in [1.54, 1.807) is 24.4 Å². The Balaban J connectivity index is 1.67. The molecule has 3 aromatic rings. The summed E-state index contributed by atoms with van der Waals surface area (Å²) in [6.07, 6.45) is 5.37. The molecule has 2 aromatic carbocycles. The van der Waals surface area contributed by atoms with Gasteiger partial charge >= 0.3 is 0 Å². The van der Waals surface area contributed by atoms with Crippen LogP contribution in [0.2, 0.25) is 0 Å². The highest BCUT2D eigenvalue weighted by Crippen LogP contribution is 2.35. The third-order valence-electron chi connectivity index (χ3n) is 4.35. The van der Waals surface area contributed by atoms with E-state index in [1.807, 2.05) is 72.8 Å². The first kappa shape index (κ1) is 19.0. The summed E-state index contributed by atoms with van der Waals surface area (Å²) in [6, 6.07) is 21.1. The number of aromatic nitrogens is 1. The normalized spacial score (nSPS) is 16.6. The zero-order valence-corrected chi connectivity index (χ0v) is 16.7. The minimum absolute atomic E-state index is 0.0654. The maximum absolute atomic E-state index is 13.1. The van der Waals surface area contributed by atoms with E-state index in [4.69, 9.17) is 9.73 Å². The fourth-order valence-electron chi connectivity index (χ4n) is 2.87. The van der Waals surface area contributed by atoms with Crippen molar-refractivity contribution in [2.75, 3.05) is 7.11 Å². The second-order valence-corrected chi connectivity index (χ2v) is 7.38. The Morgan fingerprint density at radius 1 is 1.07 bits per heavy atom.